The number of pyridine rings is 1. The summed E-state index contributed by atoms with van der Waals surface area (Å²) < 4.78 is 5.29. The molecule has 1 amide bonds. The third-order valence-corrected chi connectivity index (χ3v) is 2.15. The lowest BCUT2D eigenvalue weighted by molar-refractivity contribution is 0.0941. The molecule has 0 saturated carbocycles. The molecule has 0 aliphatic carbocycles. The van der Waals surface area contributed by atoms with Crippen molar-refractivity contribution in [2.24, 2.45) is 0 Å². The summed E-state index contributed by atoms with van der Waals surface area (Å²) in [5, 5.41) is 2.75. The number of hydrogen-bond donors (Lipinski definition) is 2. The zero-order valence-corrected chi connectivity index (χ0v) is 9.99. The van der Waals surface area contributed by atoms with Crippen LogP contribution in [0.5, 0.6) is 0 Å². The van der Waals surface area contributed by atoms with Gasteiger partial charge in [0.2, 0.25) is 5.56 Å². The number of rotatable bonds is 7. The molecule has 0 fully saturated rings. The number of nitrogens with one attached hydrogen (secondary N) is 2. The van der Waals surface area contributed by atoms with Crippen LogP contribution in [0.1, 0.15) is 30.1 Å². The van der Waals surface area contributed by atoms with Gasteiger partial charge in [0.25, 0.3) is 5.91 Å². The number of carbonyl (C=O) groups is 1. The molecule has 17 heavy (non-hydrogen) atoms. The number of aromatic nitrogens is 1. The van der Waals surface area contributed by atoms with E-state index in [1.165, 1.54) is 18.3 Å². The van der Waals surface area contributed by atoms with Gasteiger partial charge in [0.15, 0.2) is 0 Å². The zero-order valence-electron chi connectivity index (χ0n) is 9.99. The predicted molar refractivity (Wildman–Crippen MR) is 65.1 cm³/mol. The van der Waals surface area contributed by atoms with Crippen LogP contribution in [0, 0.1) is 0 Å². The Balaban J connectivity index is 2.21. The Labute approximate surface area is 100 Å². The van der Waals surface area contributed by atoms with Gasteiger partial charge < -0.3 is 15.0 Å². The summed E-state index contributed by atoms with van der Waals surface area (Å²) in [6.45, 7) is 4.03. The first-order chi connectivity index (χ1) is 8.24. The number of aromatic amines is 1. The van der Waals surface area contributed by atoms with Crippen molar-refractivity contribution >= 4 is 5.91 Å². The van der Waals surface area contributed by atoms with Gasteiger partial charge in [0, 0.05) is 32.0 Å². The van der Waals surface area contributed by atoms with E-state index < -0.39 is 0 Å². The molecule has 2 N–H and O–H groups in total. The predicted octanol–water partition coefficient (Wildman–Crippen LogP) is 0.921. The van der Waals surface area contributed by atoms with Crippen molar-refractivity contribution < 1.29 is 9.53 Å². The maximum atomic E-state index is 11.6. The second-order valence-corrected chi connectivity index (χ2v) is 3.66. The summed E-state index contributed by atoms with van der Waals surface area (Å²) in [6, 6.07) is 2.83. The number of ether oxygens (including phenoxy) is 1. The molecule has 0 saturated heterocycles. The summed E-state index contributed by atoms with van der Waals surface area (Å²) in [6.07, 6.45) is 3.20. The van der Waals surface area contributed by atoms with Crippen LogP contribution in [0.2, 0.25) is 0 Å². The van der Waals surface area contributed by atoms with Crippen molar-refractivity contribution in [1.29, 1.82) is 0 Å². The topological polar surface area (TPSA) is 71.2 Å². The average molecular weight is 238 g/mol. The molecule has 5 nitrogen and oxygen atoms in total. The Hall–Kier alpha value is -1.62. The van der Waals surface area contributed by atoms with E-state index in [-0.39, 0.29) is 11.5 Å². The lowest BCUT2D eigenvalue weighted by atomic mass is 10.2. The van der Waals surface area contributed by atoms with E-state index in [0.29, 0.717) is 18.7 Å². The summed E-state index contributed by atoms with van der Waals surface area (Å²) in [5.74, 6) is -0.184. The first kappa shape index (κ1) is 13.4. The number of H-pyrrole nitrogens is 1. The first-order valence-corrected chi connectivity index (χ1v) is 5.78. The normalized spacial score (nSPS) is 10.2. The molecule has 0 spiro atoms. The van der Waals surface area contributed by atoms with Gasteiger partial charge in [0.1, 0.15) is 0 Å². The lowest BCUT2D eigenvalue weighted by Crippen LogP contribution is -2.26. The summed E-state index contributed by atoms with van der Waals surface area (Å²) >= 11 is 0. The maximum absolute atomic E-state index is 11.6. The Kier molecular flexibility index (Phi) is 6.03. The number of hydrogen-bond acceptors (Lipinski definition) is 3. The molecule has 5 heteroatoms. The fourth-order valence-corrected chi connectivity index (χ4v) is 1.28. The molecule has 0 aliphatic rings. The van der Waals surface area contributed by atoms with E-state index >= 15 is 0 Å². The average Bonchev–Trinajstić information content (AvgIpc) is 2.34. The van der Waals surface area contributed by atoms with Crippen molar-refractivity contribution in [2.45, 2.75) is 19.8 Å². The largest absolute Gasteiger partial charge is 0.381 e. The third kappa shape index (κ3) is 5.31. The minimum atomic E-state index is -0.213. The van der Waals surface area contributed by atoms with Crippen LogP contribution in [0.15, 0.2) is 23.1 Å². The standard InChI is InChI=1S/C12H18N2O3/c1-2-7-17-8-3-6-13-12(16)10-4-5-11(15)14-9-10/h4-5,9H,2-3,6-8H2,1H3,(H,13,16)(H,14,15). The monoisotopic (exact) mass is 238 g/mol. The van der Waals surface area contributed by atoms with E-state index in [1.54, 1.807) is 0 Å². The third-order valence-electron chi connectivity index (χ3n) is 2.15. The van der Waals surface area contributed by atoms with Crippen molar-refractivity contribution in [3.8, 4) is 0 Å². The maximum Gasteiger partial charge on any atom is 0.252 e. The molecular weight excluding hydrogens is 220 g/mol. The molecule has 1 aromatic rings. The fourth-order valence-electron chi connectivity index (χ4n) is 1.28. The smallest absolute Gasteiger partial charge is 0.252 e. The number of carbonyl (C=O) groups excluding carboxylic acids is 1. The molecule has 1 rings (SSSR count). The molecule has 1 aromatic heterocycles. The van der Waals surface area contributed by atoms with Crippen LogP contribution < -0.4 is 10.9 Å². The van der Waals surface area contributed by atoms with Gasteiger partial charge in [-0.2, -0.15) is 0 Å². The van der Waals surface area contributed by atoms with E-state index in [2.05, 4.69) is 17.2 Å². The second kappa shape index (κ2) is 7.62. The van der Waals surface area contributed by atoms with Gasteiger partial charge in [-0.3, -0.25) is 9.59 Å². The van der Waals surface area contributed by atoms with Crippen molar-refractivity contribution in [1.82, 2.24) is 10.3 Å². The van der Waals surface area contributed by atoms with Gasteiger partial charge in [-0.1, -0.05) is 6.92 Å². The fraction of sp³-hybridized carbons (Fsp3) is 0.500. The minimum absolute atomic E-state index is 0.184. The molecule has 0 radical (unpaired) electrons. The van der Waals surface area contributed by atoms with E-state index in [1.807, 2.05) is 0 Å². The summed E-state index contributed by atoms with van der Waals surface area (Å²) in [5.41, 5.74) is 0.244. The highest BCUT2D eigenvalue weighted by atomic mass is 16.5. The first-order valence-electron chi connectivity index (χ1n) is 5.78. The van der Waals surface area contributed by atoms with Crippen LogP contribution in [0.4, 0.5) is 0 Å². The highest BCUT2D eigenvalue weighted by Gasteiger charge is 2.03. The molecule has 94 valence electrons. The lowest BCUT2D eigenvalue weighted by Gasteiger charge is -2.05. The van der Waals surface area contributed by atoms with Crippen LogP contribution >= 0.6 is 0 Å². The van der Waals surface area contributed by atoms with Crippen molar-refractivity contribution in [3.63, 3.8) is 0 Å². The Bertz CT molecular complexity index is 380. The van der Waals surface area contributed by atoms with Crippen molar-refractivity contribution in [2.75, 3.05) is 19.8 Å². The second-order valence-electron chi connectivity index (χ2n) is 3.66. The van der Waals surface area contributed by atoms with E-state index in [4.69, 9.17) is 4.74 Å². The minimum Gasteiger partial charge on any atom is -0.381 e. The van der Waals surface area contributed by atoms with Crippen LogP contribution in [-0.2, 0) is 4.74 Å². The van der Waals surface area contributed by atoms with Gasteiger partial charge >= 0.3 is 0 Å². The Morgan fingerprint density at radius 2 is 2.24 bits per heavy atom. The zero-order chi connectivity index (χ0) is 12.5. The quantitative estimate of drug-likeness (QED) is 0.694. The molecule has 0 unspecified atom stereocenters. The summed E-state index contributed by atoms with van der Waals surface area (Å²) in [7, 11) is 0. The van der Waals surface area contributed by atoms with Crippen molar-refractivity contribution in [3.05, 3.63) is 34.2 Å². The molecular formula is C12H18N2O3. The van der Waals surface area contributed by atoms with Crippen LogP contribution in [-0.4, -0.2) is 30.6 Å². The van der Waals surface area contributed by atoms with E-state index in [9.17, 15) is 9.59 Å². The molecule has 0 atom stereocenters. The Morgan fingerprint density at radius 1 is 1.41 bits per heavy atom. The van der Waals surface area contributed by atoms with Gasteiger partial charge in [-0.05, 0) is 18.9 Å². The van der Waals surface area contributed by atoms with Gasteiger partial charge in [-0.25, -0.2) is 0 Å². The van der Waals surface area contributed by atoms with Crippen LogP contribution in [0.3, 0.4) is 0 Å². The SMILES string of the molecule is CCCOCCCNC(=O)c1ccc(=O)[nH]c1. The molecule has 0 bridgehead atoms. The number of amides is 1. The van der Waals surface area contributed by atoms with Crippen LogP contribution in [0.25, 0.3) is 0 Å². The molecule has 1 heterocycles. The highest BCUT2D eigenvalue weighted by Crippen LogP contribution is 1.93. The molecule has 0 aromatic carbocycles. The van der Waals surface area contributed by atoms with E-state index in [0.717, 1.165) is 19.4 Å². The summed E-state index contributed by atoms with van der Waals surface area (Å²) in [4.78, 5) is 24.8. The van der Waals surface area contributed by atoms with Gasteiger partial charge in [-0.15, -0.1) is 0 Å². The molecule has 0 aliphatic heterocycles. The Morgan fingerprint density at radius 3 is 2.88 bits per heavy atom. The highest BCUT2D eigenvalue weighted by molar-refractivity contribution is 5.93. The van der Waals surface area contributed by atoms with Gasteiger partial charge in [0.05, 0.1) is 5.56 Å².